The molecule has 5 nitrogen and oxygen atoms in total. The van der Waals surface area contributed by atoms with Gasteiger partial charge in [0.05, 0.1) is 11.4 Å². The summed E-state index contributed by atoms with van der Waals surface area (Å²) in [5.41, 5.74) is 2.12. The molecule has 94 valence electrons. The maximum Gasteiger partial charge on any atom is 0.245 e. The van der Waals surface area contributed by atoms with E-state index in [2.05, 4.69) is 39.2 Å². The van der Waals surface area contributed by atoms with E-state index >= 15 is 0 Å². The van der Waals surface area contributed by atoms with Gasteiger partial charge < -0.3 is 10.2 Å². The Morgan fingerprint density at radius 3 is 2.59 bits per heavy atom. The van der Waals surface area contributed by atoms with Gasteiger partial charge in [-0.2, -0.15) is 5.10 Å². The fourth-order valence-electron chi connectivity index (χ4n) is 2.24. The Bertz CT molecular complexity index is 379. The van der Waals surface area contributed by atoms with Gasteiger partial charge in [-0.3, -0.25) is 0 Å². The lowest BCUT2D eigenvalue weighted by Crippen LogP contribution is -2.30. The van der Waals surface area contributed by atoms with Crippen molar-refractivity contribution in [2.45, 2.75) is 39.2 Å². The standard InChI is InChI=1S/C12H21N5/c1-4-10-11(5-2)15-16-12(14-10)17-7-6-9(8-17)13-3/h9,13H,4-8H2,1-3H3. The predicted octanol–water partition coefficient (Wildman–Crippen LogP) is 0.794. The molecule has 1 aliphatic rings. The van der Waals surface area contributed by atoms with E-state index in [4.69, 9.17) is 0 Å². The van der Waals surface area contributed by atoms with Crippen LogP contribution in [0.5, 0.6) is 0 Å². The third-order valence-electron chi connectivity index (χ3n) is 3.38. The zero-order valence-electron chi connectivity index (χ0n) is 10.9. The molecule has 1 aromatic heterocycles. The summed E-state index contributed by atoms with van der Waals surface area (Å²) in [6, 6.07) is 0.550. The summed E-state index contributed by atoms with van der Waals surface area (Å²) >= 11 is 0. The first kappa shape index (κ1) is 12.2. The molecular formula is C12H21N5. The summed E-state index contributed by atoms with van der Waals surface area (Å²) < 4.78 is 0. The summed E-state index contributed by atoms with van der Waals surface area (Å²) in [4.78, 5) is 6.85. The highest BCUT2D eigenvalue weighted by atomic mass is 15.3. The summed E-state index contributed by atoms with van der Waals surface area (Å²) in [6.07, 6.45) is 2.98. The highest BCUT2D eigenvalue weighted by Crippen LogP contribution is 2.16. The lowest BCUT2D eigenvalue weighted by molar-refractivity contribution is 0.615. The van der Waals surface area contributed by atoms with E-state index in [1.54, 1.807) is 0 Å². The quantitative estimate of drug-likeness (QED) is 0.836. The monoisotopic (exact) mass is 235 g/mol. The number of aryl methyl sites for hydroxylation is 2. The van der Waals surface area contributed by atoms with Crippen LogP contribution in [0.15, 0.2) is 0 Å². The second kappa shape index (κ2) is 5.40. The van der Waals surface area contributed by atoms with E-state index < -0.39 is 0 Å². The minimum absolute atomic E-state index is 0.550. The molecule has 2 rings (SSSR count). The van der Waals surface area contributed by atoms with Gasteiger partial charge >= 0.3 is 0 Å². The molecule has 1 fully saturated rings. The molecule has 0 spiro atoms. The van der Waals surface area contributed by atoms with Crippen LogP contribution in [0.4, 0.5) is 5.95 Å². The van der Waals surface area contributed by atoms with Gasteiger partial charge in [0.2, 0.25) is 5.95 Å². The Morgan fingerprint density at radius 2 is 2.00 bits per heavy atom. The zero-order valence-corrected chi connectivity index (χ0v) is 10.9. The molecular weight excluding hydrogens is 214 g/mol. The van der Waals surface area contributed by atoms with E-state index in [1.165, 1.54) is 0 Å². The van der Waals surface area contributed by atoms with Gasteiger partial charge in [0.25, 0.3) is 0 Å². The van der Waals surface area contributed by atoms with Crippen LogP contribution in [0.25, 0.3) is 0 Å². The van der Waals surface area contributed by atoms with Crippen LogP contribution in [0.2, 0.25) is 0 Å². The average molecular weight is 235 g/mol. The third kappa shape index (κ3) is 2.54. The average Bonchev–Trinajstić information content (AvgIpc) is 2.86. The zero-order chi connectivity index (χ0) is 12.3. The van der Waals surface area contributed by atoms with E-state index in [9.17, 15) is 0 Å². The van der Waals surface area contributed by atoms with Crippen LogP contribution in [-0.2, 0) is 12.8 Å². The van der Waals surface area contributed by atoms with E-state index in [1.807, 2.05) is 7.05 Å². The van der Waals surface area contributed by atoms with Crippen LogP contribution in [0, 0.1) is 0 Å². The van der Waals surface area contributed by atoms with Crippen LogP contribution in [-0.4, -0.2) is 41.4 Å². The molecule has 0 amide bonds. The number of hydrogen-bond donors (Lipinski definition) is 1. The van der Waals surface area contributed by atoms with Crippen molar-refractivity contribution in [3.63, 3.8) is 0 Å². The fraction of sp³-hybridized carbons (Fsp3) is 0.750. The number of hydrogen-bond acceptors (Lipinski definition) is 5. The van der Waals surface area contributed by atoms with Gasteiger partial charge in [0.15, 0.2) is 0 Å². The Balaban J connectivity index is 2.16. The first-order chi connectivity index (χ1) is 8.28. The van der Waals surface area contributed by atoms with Crippen LogP contribution in [0.3, 0.4) is 0 Å². The van der Waals surface area contributed by atoms with Gasteiger partial charge in [-0.05, 0) is 26.3 Å². The minimum Gasteiger partial charge on any atom is -0.338 e. The summed E-state index contributed by atoms with van der Waals surface area (Å²) in [7, 11) is 2.00. The Morgan fingerprint density at radius 1 is 1.24 bits per heavy atom. The number of rotatable bonds is 4. The van der Waals surface area contributed by atoms with Crippen LogP contribution < -0.4 is 10.2 Å². The SMILES string of the molecule is CCc1nnc(N2CCC(NC)C2)nc1CC. The first-order valence-electron chi connectivity index (χ1n) is 6.43. The Labute approximate surface area is 103 Å². The smallest absolute Gasteiger partial charge is 0.245 e. The highest BCUT2D eigenvalue weighted by molar-refractivity contribution is 5.32. The van der Waals surface area contributed by atoms with Gasteiger partial charge in [0.1, 0.15) is 0 Å². The number of nitrogens with zero attached hydrogens (tertiary/aromatic N) is 4. The Kier molecular flexibility index (Phi) is 3.89. The maximum atomic E-state index is 4.64. The number of anilines is 1. The molecule has 1 atom stereocenters. The molecule has 0 saturated carbocycles. The molecule has 0 aliphatic carbocycles. The molecule has 1 saturated heterocycles. The van der Waals surface area contributed by atoms with Crippen molar-refractivity contribution < 1.29 is 0 Å². The molecule has 2 heterocycles. The minimum atomic E-state index is 0.550. The van der Waals surface area contributed by atoms with Gasteiger partial charge in [-0.15, -0.1) is 5.10 Å². The predicted molar refractivity (Wildman–Crippen MR) is 68.3 cm³/mol. The van der Waals surface area contributed by atoms with Crippen molar-refractivity contribution >= 4 is 5.95 Å². The number of likely N-dealkylation sites (N-methyl/N-ethyl adjacent to an activating group) is 1. The van der Waals surface area contributed by atoms with Crippen molar-refractivity contribution in [3.05, 3.63) is 11.4 Å². The first-order valence-corrected chi connectivity index (χ1v) is 6.43. The largest absolute Gasteiger partial charge is 0.338 e. The third-order valence-corrected chi connectivity index (χ3v) is 3.38. The molecule has 1 N–H and O–H groups in total. The number of aromatic nitrogens is 3. The molecule has 1 unspecified atom stereocenters. The highest BCUT2D eigenvalue weighted by Gasteiger charge is 2.23. The maximum absolute atomic E-state index is 4.64. The molecule has 1 aromatic rings. The van der Waals surface area contributed by atoms with Gasteiger partial charge in [0, 0.05) is 19.1 Å². The van der Waals surface area contributed by atoms with Crippen LogP contribution >= 0.6 is 0 Å². The van der Waals surface area contributed by atoms with Gasteiger partial charge in [-0.25, -0.2) is 4.98 Å². The van der Waals surface area contributed by atoms with Crippen molar-refractivity contribution in [1.82, 2.24) is 20.5 Å². The summed E-state index contributed by atoms with van der Waals surface area (Å²) in [5, 5.41) is 11.8. The Hall–Kier alpha value is -1.23. The summed E-state index contributed by atoms with van der Waals surface area (Å²) in [6.45, 7) is 6.21. The van der Waals surface area contributed by atoms with Gasteiger partial charge in [-0.1, -0.05) is 13.8 Å². The lowest BCUT2D eigenvalue weighted by atomic mass is 10.2. The second-order valence-electron chi connectivity index (χ2n) is 4.43. The number of nitrogens with one attached hydrogen (secondary N) is 1. The fourth-order valence-corrected chi connectivity index (χ4v) is 2.24. The molecule has 17 heavy (non-hydrogen) atoms. The second-order valence-corrected chi connectivity index (χ2v) is 4.43. The molecule has 0 aromatic carbocycles. The normalized spacial score (nSPS) is 19.9. The van der Waals surface area contributed by atoms with Crippen molar-refractivity contribution in [1.29, 1.82) is 0 Å². The lowest BCUT2D eigenvalue weighted by Gasteiger charge is -2.16. The molecule has 0 bridgehead atoms. The van der Waals surface area contributed by atoms with E-state index in [0.717, 1.165) is 49.7 Å². The van der Waals surface area contributed by atoms with E-state index in [-0.39, 0.29) is 0 Å². The van der Waals surface area contributed by atoms with Crippen LogP contribution in [0.1, 0.15) is 31.7 Å². The molecule has 5 heteroatoms. The topological polar surface area (TPSA) is 53.9 Å². The molecule has 0 radical (unpaired) electrons. The van der Waals surface area contributed by atoms with Crippen molar-refractivity contribution in [2.24, 2.45) is 0 Å². The van der Waals surface area contributed by atoms with Crippen molar-refractivity contribution in [2.75, 3.05) is 25.0 Å². The molecule has 1 aliphatic heterocycles. The van der Waals surface area contributed by atoms with Crippen molar-refractivity contribution in [3.8, 4) is 0 Å². The summed E-state index contributed by atoms with van der Waals surface area (Å²) in [5.74, 6) is 0.789. The van der Waals surface area contributed by atoms with E-state index in [0.29, 0.717) is 6.04 Å².